The van der Waals surface area contributed by atoms with Crippen LogP contribution in [0.25, 0.3) is 0 Å². The third kappa shape index (κ3) is 2.51. The Morgan fingerprint density at radius 2 is 1.71 bits per heavy atom. The minimum Gasteiger partial charge on any atom is -0.207 e. The van der Waals surface area contributed by atoms with Crippen LogP contribution in [0.5, 0.6) is 0 Å². The van der Waals surface area contributed by atoms with Gasteiger partial charge in [-0.3, -0.25) is 0 Å². The van der Waals surface area contributed by atoms with Crippen molar-refractivity contribution >= 4 is 0 Å². The lowest BCUT2D eigenvalue weighted by Crippen LogP contribution is -2.31. The zero-order valence-electron chi connectivity index (χ0n) is 10.6. The first-order valence-electron chi connectivity index (χ1n) is 6.47. The maximum Gasteiger partial charge on any atom is 0.127 e. The fourth-order valence-corrected chi connectivity index (χ4v) is 3.04. The smallest absolute Gasteiger partial charge is 0.127 e. The van der Waals surface area contributed by atoms with Gasteiger partial charge in [0, 0.05) is 0 Å². The van der Waals surface area contributed by atoms with Gasteiger partial charge in [-0.05, 0) is 47.9 Å². The number of benzene rings is 1. The van der Waals surface area contributed by atoms with E-state index in [4.69, 9.17) is 0 Å². The summed E-state index contributed by atoms with van der Waals surface area (Å²) in [5, 5.41) is 0. The predicted octanol–water partition coefficient (Wildman–Crippen LogP) is 4.82. The van der Waals surface area contributed by atoms with Gasteiger partial charge in [0.25, 0.3) is 0 Å². The van der Waals surface area contributed by atoms with Crippen molar-refractivity contribution in [3.05, 3.63) is 35.4 Å². The van der Waals surface area contributed by atoms with Gasteiger partial charge >= 0.3 is 0 Å². The summed E-state index contributed by atoms with van der Waals surface area (Å²) in [6, 6.07) is 3.80. The monoisotopic (exact) mass is 238 g/mol. The first-order chi connectivity index (χ1) is 8.01. The van der Waals surface area contributed by atoms with E-state index in [0.29, 0.717) is 11.5 Å². The van der Waals surface area contributed by atoms with E-state index in [1.54, 1.807) is 0 Å². The minimum atomic E-state index is -0.342. The summed E-state index contributed by atoms with van der Waals surface area (Å²) < 4.78 is 27.1. The summed E-state index contributed by atoms with van der Waals surface area (Å²) >= 11 is 0. The van der Waals surface area contributed by atoms with E-state index in [1.165, 1.54) is 37.5 Å². The van der Waals surface area contributed by atoms with Gasteiger partial charge in [0.05, 0.1) is 0 Å². The van der Waals surface area contributed by atoms with Crippen LogP contribution in [0, 0.1) is 17.6 Å². The molecule has 0 nitrogen and oxygen atoms in total. The third-order valence-corrected chi connectivity index (χ3v) is 4.25. The maximum atomic E-state index is 13.9. The highest BCUT2D eigenvalue weighted by Gasteiger charge is 2.34. The highest BCUT2D eigenvalue weighted by Crippen LogP contribution is 2.41. The van der Waals surface area contributed by atoms with E-state index >= 15 is 0 Å². The molecule has 0 atom stereocenters. The van der Waals surface area contributed by atoms with E-state index in [1.807, 2.05) is 13.8 Å². The van der Waals surface area contributed by atoms with Crippen molar-refractivity contribution in [2.75, 3.05) is 0 Å². The van der Waals surface area contributed by atoms with E-state index in [-0.39, 0.29) is 17.0 Å². The molecule has 0 radical (unpaired) electrons. The molecule has 0 aromatic heterocycles. The fourth-order valence-electron chi connectivity index (χ4n) is 3.04. The first-order valence-corrected chi connectivity index (χ1v) is 6.47. The molecule has 0 unspecified atom stereocenters. The molecule has 1 fully saturated rings. The largest absolute Gasteiger partial charge is 0.207 e. The van der Waals surface area contributed by atoms with Crippen LogP contribution in [0.15, 0.2) is 18.2 Å². The van der Waals surface area contributed by atoms with Gasteiger partial charge in [-0.15, -0.1) is 0 Å². The molecule has 1 aliphatic rings. The summed E-state index contributed by atoms with van der Waals surface area (Å²) in [6.07, 6.45) is 5.96. The molecular formula is C15H20F2. The molecule has 0 heterocycles. The molecule has 0 aliphatic heterocycles. The third-order valence-electron chi connectivity index (χ3n) is 4.25. The van der Waals surface area contributed by atoms with Gasteiger partial charge in [0.15, 0.2) is 0 Å². The average molecular weight is 238 g/mol. The van der Waals surface area contributed by atoms with Crippen molar-refractivity contribution < 1.29 is 8.78 Å². The summed E-state index contributed by atoms with van der Waals surface area (Å²) in [6.45, 7) is 4.08. The molecule has 1 saturated carbocycles. The first kappa shape index (κ1) is 12.5. The molecule has 94 valence electrons. The molecule has 0 amide bonds. The summed E-state index contributed by atoms with van der Waals surface area (Å²) in [4.78, 5) is 0. The standard InChI is InChI=1S/C15H20F2/c1-15(2,11-6-4-3-5-7-11)13-10-12(16)8-9-14(13)17/h8-11H,3-7H2,1-2H3. The van der Waals surface area contributed by atoms with Crippen molar-refractivity contribution in [1.82, 2.24) is 0 Å². The summed E-state index contributed by atoms with van der Waals surface area (Å²) in [7, 11) is 0. The van der Waals surface area contributed by atoms with Crippen LogP contribution < -0.4 is 0 Å². The Labute approximate surface area is 102 Å². The quantitative estimate of drug-likeness (QED) is 0.692. The minimum absolute atomic E-state index is 0.271. The Bertz CT molecular complexity index is 390. The molecule has 1 aliphatic carbocycles. The van der Waals surface area contributed by atoms with Gasteiger partial charge in [0.1, 0.15) is 11.6 Å². The Kier molecular flexibility index (Phi) is 3.50. The SMILES string of the molecule is CC(C)(c1cc(F)ccc1F)C1CCCCC1. The van der Waals surface area contributed by atoms with Crippen molar-refractivity contribution in [2.24, 2.45) is 5.92 Å². The normalized spacial score (nSPS) is 18.4. The second kappa shape index (κ2) is 4.75. The van der Waals surface area contributed by atoms with Gasteiger partial charge in [0.2, 0.25) is 0 Å². The van der Waals surface area contributed by atoms with Crippen molar-refractivity contribution in [3.8, 4) is 0 Å². The van der Waals surface area contributed by atoms with Crippen molar-refractivity contribution in [2.45, 2.75) is 51.4 Å². The van der Waals surface area contributed by atoms with Gasteiger partial charge in [-0.25, -0.2) is 8.78 Å². The van der Waals surface area contributed by atoms with Crippen LogP contribution in [-0.4, -0.2) is 0 Å². The zero-order valence-corrected chi connectivity index (χ0v) is 10.6. The average Bonchev–Trinajstić information content (AvgIpc) is 2.33. The number of hydrogen-bond donors (Lipinski definition) is 0. The molecule has 0 saturated heterocycles. The molecule has 2 heteroatoms. The van der Waals surface area contributed by atoms with Gasteiger partial charge < -0.3 is 0 Å². The highest BCUT2D eigenvalue weighted by molar-refractivity contribution is 5.27. The van der Waals surface area contributed by atoms with Crippen LogP contribution in [0.4, 0.5) is 8.78 Å². The van der Waals surface area contributed by atoms with Crippen LogP contribution in [0.3, 0.4) is 0 Å². The molecule has 1 aromatic carbocycles. The number of rotatable bonds is 2. The van der Waals surface area contributed by atoms with E-state index < -0.39 is 0 Å². The summed E-state index contributed by atoms with van der Waals surface area (Å²) in [5.41, 5.74) is 0.261. The van der Waals surface area contributed by atoms with Crippen molar-refractivity contribution in [3.63, 3.8) is 0 Å². The number of hydrogen-bond acceptors (Lipinski definition) is 0. The molecule has 0 bridgehead atoms. The molecule has 17 heavy (non-hydrogen) atoms. The van der Waals surface area contributed by atoms with Crippen LogP contribution in [-0.2, 0) is 5.41 Å². The topological polar surface area (TPSA) is 0 Å². The Balaban J connectivity index is 2.32. The van der Waals surface area contributed by atoms with Crippen LogP contribution >= 0.6 is 0 Å². The fraction of sp³-hybridized carbons (Fsp3) is 0.600. The molecule has 1 aromatic rings. The summed E-state index contributed by atoms with van der Waals surface area (Å²) in [5.74, 6) is -0.153. The lowest BCUT2D eigenvalue weighted by molar-refractivity contribution is 0.230. The highest BCUT2D eigenvalue weighted by atomic mass is 19.1. The molecule has 0 spiro atoms. The van der Waals surface area contributed by atoms with Gasteiger partial charge in [-0.1, -0.05) is 33.1 Å². The zero-order chi connectivity index (χ0) is 12.5. The second-order valence-corrected chi connectivity index (χ2v) is 5.68. The van der Waals surface area contributed by atoms with E-state index in [2.05, 4.69) is 0 Å². The lowest BCUT2D eigenvalue weighted by atomic mass is 9.67. The predicted molar refractivity (Wildman–Crippen MR) is 66.0 cm³/mol. The molecule has 0 N–H and O–H groups in total. The van der Waals surface area contributed by atoms with Crippen LogP contribution in [0.1, 0.15) is 51.5 Å². The Morgan fingerprint density at radius 1 is 1.06 bits per heavy atom. The maximum absolute atomic E-state index is 13.9. The number of halogens is 2. The molecular weight excluding hydrogens is 218 g/mol. The van der Waals surface area contributed by atoms with Crippen molar-refractivity contribution in [1.29, 1.82) is 0 Å². The Hall–Kier alpha value is -0.920. The van der Waals surface area contributed by atoms with Gasteiger partial charge in [-0.2, -0.15) is 0 Å². The van der Waals surface area contributed by atoms with E-state index in [0.717, 1.165) is 12.8 Å². The Morgan fingerprint density at radius 3 is 2.35 bits per heavy atom. The lowest BCUT2D eigenvalue weighted by Gasteiger charge is -2.37. The molecule has 2 rings (SSSR count). The second-order valence-electron chi connectivity index (χ2n) is 5.68. The van der Waals surface area contributed by atoms with E-state index in [9.17, 15) is 8.78 Å². The van der Waals surface area contributed by atoms with Crippen LogP contribution in [0.2, 0.25) is 0 Å².